The van der Waals surface area contributed by atoms with E-state index in [0.29, 0.717) is 11.1 Å². The molecule has 0 amide bonds. The van der Waals surface area contributed by atoms with Crippen molar-refractivity contribution in [1.82, 2.24) is 0 Å². The van der Waals surface area contributed by atoms with Crippen LogP contribution in [0.3, 0.4) is 0 Å². The summed E-state index contributed by atoms with van der Waals surface area (Å²) in [5.74, 6) is 0. The van der Waals surface area contributed by atoms with Gasteiger partial charge in [-0.05, 0) is 37.5 Å². The zero-order chi connectivity index (χ0) is 28.9. The van der Waals surface area contributed by atoms with Gasteiger partial charge in [0.25, 0.3) is 0 Å². The molecule has 39 heavy (non-hydrogen) atoms. The Morgan fingerprint density at radius 2 is 0.667 bits per heavy atom. The van der Waals surface area contributed by atoms with E-state index in [1.807, 2.05) is 0 Å². The molecule has 0 heterocycles. The monoisotopic (exact) mass is 552 g/mol. The van der Waals surface area contributed by atoms with Crippen LogP contribution in [0.4, 0.5) is 39.5 Å². The van der Waals surface area contributed by atoms with Gasteiger partial charge in [0.2, 0.25) is 0 Å². The summed E-state index contributed by atoms with van der Waals surface area (Å²) in [5, 5.41) is 0. The van der Waals surface area contributed by atoms with Crippen molar-refractivity contribution in [2.45, 2.75) is 39.3 Å². The molecule has 0 unspecified atom stereocenters. The third-order valence-electron chi connectivity index (χ3n) is 6.27. The molecule has 0 fully saturated rings. The van der Waals surface area contributed by atoms with Gasteiger partial charge in [-0.15, -0.1) is 0 Å². The van der Waals surface area contributed by atoms with Crippen molar-refractivity contribution in [2.75, 3.05) is 0 Å². The Morgan fingerprint density at radius 3 is 0.974 bits per heavy atom. The number of alkyl halides is 9. The van der Waals surface area contributed by atoms with Gasteiger partial charge in [0.1, 0.15) is 0 Å². The molecular formula is C30H21F9. The van der Waals surface area contributed by atoms with E-state index in [4.69, 9.17) is 0 Å². The highest BCUT2D eigenvalue weighted by molar-refractivity contribution is 5.96. The average molecular weight is 552 g/mol. The first-order valence-electron chi connectivity index (χ1n) is 11.7. The van der Waals surface area contributed by atoms with Crippen molar-refractivity contribution < 1.29 is 39.5 Å². The molecule has 4 aromatic rings. The fourth-order valence-electron chi connectivity index (χ4n) is 4.87. The maximum atomic E-state index is 15.0. The molecule has 0 bridgehead atoms. The lowest BCUT2D eigenvalue weighted by atomic mass is 9.78. The van der Waals surface area contributed by atoms with Crippen molar-refractivity contribution in [2.24, 2.45) is 0 Å². The SMILES string of the molecule is Cc1cccc(-c2c(-c3cccc(C)c3)c(C(F)(F)F)c(C(F)(F)F)c(-c3cccc(C)c3)c2C(F)(F)F)c1. The van der Waals surface area contributed by atoms with Crippen molar-refractivity contribution in [3.63, 3.8) is 0 Å². The number of halogens is 9. The summed E-state index contributed by atoms with van der Waals surface area (Å²) >= 11 is 0. The zero-order valence-electron chi connectivity index (χ0n) is 20.8. The first kappa shape index (κ1) is 28.3. The molecule has 0 aromatic heterocycles. The van der Waals surface area contributed by atoms with Gasteiger partial charge in [0, 0.05) is 16.7 Å². The normalized spacial score (nSPS) is 12.6. The molecular weight excluding hydrogens is 531 g/mol. The topological polar surface area (TPSA) is 0 Å². The van der Waals surface area contributed by atoms with E-state index >= 15 is 13.2 Å². The van der Waals surface area contributed by atoms with Crippen LogP contribution in [-0.2, 0) is 18.5 Å². The van der Waals surface area contributed by atoms with Gasteiger partial charge >= 0.3 is 18.5 Å². The fraction of sp³-hybridized carbons (Fsp3) is 0.200. The third kappa shape index (κ3) is 5.53. The van der Waals surface area contributed by atoms with E-state index in [0.717, 1.165) is 24.3 Å². The Hall–Kier alpha value is -3.75. The second kappa shape index (κ2) is 9.77. The Labute approximate surface area is 218 Å². The highest BCUT2D eigenvalue weighted by Crippen LogP contribution is 2.57. The molecule has 0 nitrogen and oxygen atoms in total. The van der Waals surface area contributed by atoms with Crippen LogP contribution in [0.2, 0.25) is 0 Å². The van der Waals surface area contributed by atoms with Crippen LogP contribution >= 0.6 is 0 Å². The maximum Gasteiger partial charge on any atom is 0.417 e. The summed E-state index contributed by atoms with van der Waals surface area (Å²) in [4.78, 5) is 0. The van der Waals surface area contributed by atoms with Gasteiger partial charge in [-0.2, -0.15) is 39.5 Å². The minimum Gasteiger partial charge on any atom is -0.166 e. The van der Waals surface area contributed by atoms with E-state index < -0.39 is 63.0 Å². The molecule has 0 saturated heterocycles. The number of benzene rings is 4. The Morgan fingerprint density at radius 1 is 0.385 bits per heavy atom. The summed E-state index contributed by atoms with van der Waals surface area (Å²) in [6.07, 6.45) is -16.9. The molecule has 0 spiro atoms. The minimum atomic E-state index is -5.78. The summed E-state index contributed by atoms with van der Waals surface area (Å²) in [7, 11) is 0. The number of rotatable bonds is 3. The van der Waals surface area contributed by atoms with Crippen molar-refractivity contribution in [3.8, 4) is 33.4 Å². The quantitative estimate of drug-likeness (QED) is 0.222. The molecule has 0 radical (unpaired) electrons. The molecule has 0 saturated carbocycles. The standard InChI is InChI=1S/C30H21F9/c1-16-7-4-10-19(13-16)22-23(20-11-5-8-17(2)14-20)26(29(34,35)36)27(30(37,38)39)24(25(22)28(31,32)33)21-12-6-9-18(3)15-21/h4-15H,1-3H3. The highest BCUT2D eigenvalue weighted by atomic mass is 19.4. The lowest BCUT2D eigenvalue weighted by molar-refractivity contribution is -0.162. The lowest BCUT2D eigenvalue weighted by Gasteiger charge is -2.30. The smallest absolute Gasteiger partial charge is 0.166 e. The predicted molar refractivity (Wildman–Crippen MR) is 132 cm³/mol. The average Bonchev–Trinajstić information content (AvgIpc) is 2.80. The second-order valence-electron chi connectivity index (χ2n) is 9.35. The molecule has 0 atom stereocenters. The van der Waals surface area contributed by atoms with Crippen molar-refractivity contribution in [3.05, 3.63) is 106 Å². The fourth-order valence-corrected chi connectivity index (χ4v) is 4.87. The first-order valence-corrected chi connectivity index (χ1v) is 11.7. The summed E-state index contributed by atoms with van der Waals surface area (Å²) in [6, 6.07) is 14.9. The molecule has 0 N–H and O–H groups in total. The van der Waals surface area contributed by atoms with Crippen LogP contribution < -0.4 is 0 Å². The van der Waals surface area contributed by atoms with Gasteiger partial charge in [0.15, 0.2) is 0 Å². The summed E-state index contributed by atoms with van der Waals surface area (Å²) in [6.45, 7) is 4.44. The largest absolute Gasteiger partial charge is 0.417 e. The van der Waals surface area contributed by atoms with Crippen LogP contribution in [-0.4, -0.2) is 0 Å². The molecule has 0 aliphatic heterocycles. The van der Waals surface area contributed by atoms with E-state index in [1.165, 1.54) is 69.3 Å². The number of aryl methyl sites for hydroxylation is 3. The molecule has 4 rings (SSSR count). The van der Waals surface area contributed by atoms with Crippen LogP contribution in [0.5, 0.6) is 0 Å². The number of hydrogen-bond donors (Lipinski definition) is 0. The van der Waals surface area contributed by atoms with E-state index in [9.17, 15) is 26.3 Å². The third-order valence-corrected chi connectivity index (χ3v) is 6.27. The summed E-state index contributed by atoms with van der Waals surface area (Å²) in [5.41, 5.74) is -10.3. The van der Waals surface area contributed by atoms with Crippen LogP contribution in [0.25, 0.3) is 33.4 Å². The van der Waals surface area contributed by atoms with E-state index in [1.54, 1.807) is 0 Å². The van der Waals surface area contributed by atoms with Crippen molar-refractivity contribution in [1.29, 1.82) is 0 Å². The lowest BCUT2D eigenvalue weighted by Crippen LogP contribution is -2.24. The Bertz CT molecular complexity index is 1540. The molecule has 204 valence electrons. The second-order valence-corrected chi connectivity index (χ2v) is 9.35. The van der Waals surface area contributed by atoms with E-state index in [-0.39, 0.29) is 11.1 Å². The van der Waals surface area contributed by atoms with Crippen LogP contribution in [0, 0.1) is 20.8 Å². The van der Waals surface area contributed by atoms with Gasteiger partial charge in [-0.25, -0.2) is 0 Å². The van der Waals surface area contributed by atoms with Gasteiger partial charge in [-0.1, -0.05) is 89.5 Å². The van der Waals surface area contributed by atoms with Gasteiger partial charge in [0.05, 0.1) is 16.7 Å². The molecule has 9 heteroatoms. The number of hydrogen-bond acceptors (Lipinski definition) is 0. The van der Waals surface area contributed by atoms with Crippen LogP contribution in [0.1, 0.15) is 33.4 Å². The van der Waals surface area contributed by atoms with E-state index in [2.05, 4.69) is 0 Å². The minimum absolute atomic E-state index is 0.280. The van der Waals surface area contributed by atoms with Gasteiger partial charge < -0.3 is 0 Å². The zero-order valence-corrected chi connectivity index (χ0v) is 20.8. The Kier molecular flexibility index (Phi) is 7.08. The maximum absolute atomic E-state index is 15.0. The first-order chi connectivity index (χ1) is 18.0. The van der Waals surface area contributed by atoms with Crippen molar-refractivity contribution >= 4 is 0 Å². The molecule has 0 aliphatic carbocycles. The van der Waals surface area contributed by atoms with Gasteiger partial charge in [-0.3, -0.25) is 0 Å². The molecule has 4 aromatic carbocycles. The molecule has 0 aliphatic rings. The highest BCUT2D eigenvalue weighted by Gasteiger charge is 2.52. The predicted octanol–water partition coefficient (Wildman–Crippen LogP) is 10.7. The Balaban J connectivity index is 2.47. The van der Waals surface area contributed by atoms with Crippen LogP contribution in [0.15, 0.2) is 72.8 Å². The summed E-state index contributed by atoms with van der Waals surface area (Å²) < 4.78 is 134.